The van der Waals surface area contributed by atoms with Gasteiger partial charge in [-0.25, -0.2) is 15.0 Å². The van der Waals surface area contributed by atoms with Crippen molar-refractivity contribution in [3.8, 4) is 0 Å². The van der Waals surface area contributed by atoms with Crippen LogP contribution in [0, 0.1) is 0 Å². The predicted molar refractivity (Wildman–Crippen MR) is 56.3 cm³/mol. The van der Waals surface area contributed by atoms with Gasteiger partial charge in [-0.3, -0.25) is 0 Å². The monoisotopic (exact) mass is 206 g/mol. The van der Waals surface area contributed by atoms with Crippen LogP contribution < -0.4 is 5.32 Å². The van der Waals surface area contributed by atoms with Crippen LogP contribution in [-0.2, 0) is 6.42 Å². The average molecular weight is 206 g/mol. The maximum Gasteiger partial charge on any atom is 0.129 e. The Hall–Kier alpha value is -1.49. The van der Waals surface area contributed by atoms with Gasteiger partial charge in [0, 0.05) is 24.5 Å². The van der Waals surface area contributed by atoms with Gasteiger partial charge in [-0.15, -0.1) is 11.3 Å². The number of anilines is 1. The smallest absolute Gasteiger partial charge is 0.129 e. The summed E-state index contributed by atoms with van der Waals surface area (Å²) in [6, 6.07) is 1.85. The minimum Gasteiger partial charge on any atom is -0.370 e. The molecule has 0 aromatic carbocycles. The van der Waals surface area contributed by atoms with Crippen molar-refractivity contribution in [2.24, 2.45) is 0 Å². The molecular formula is C9H10N4S. The first-order chi connectivity index (χ1) is 6.95. The van der Waals surface area contributed by atoms with E-state index in [4.69, 9.17) is 0 Å². The number of nitrogens with one attached hydrogen (secondary N) is 1. The Labute approximate surface area is 86.1 Å². The molecule has 2 aromatic rings. The van der Waals surface area contributed by atoms with Gasteiger partial charge in [0.2, 0.25) is 0 Å². The van der Waals surface area contributed by atoms with Gasteiger partial charge in [-0.2, -0.15) is 0 Å². The van der Waals surface area contributed by atoms with Gasteiger partial charge in [0.25, 0.3) is 0 Å². The second-order valence-corrected chi connectivity index (χ2v) is 3.47. The van der Waals surface area contributed by atoms with Crippen LogP contribution in [0.15, 0.2) is 29.5 Å². The SMILES string of the molecule is c1cc(NCCc2cscn2)ncn1. The molecule has 0 fully saturated rings. The fraction of sp³-hybridized carbons (Fsp3) is 0.222. The minimum atomic E-state index is 0.848. The molecule has 0 atom stereocenters. The first kappa shape index (κ1) is 9.08. The molecule has 2 rings (SSSR count). The van der Waals surface area contributed by atoms with E-state index in [0.29, 0.717) is 0 Å². The molecule has 0 radical (unpaired) electrons. The summed E-state index contributed by atoms with van der Waals surface area (Å²) in [4.78, 5) is 12.1. The fourth-order valence-electron chi connectivity index (χ4n) is 1.07. The van der Waals surface area contributed by atoms with Gasteiger partial charge in [-0.05, 0) is 6.07 Å². The lowest BCUT2D eigenvalue weighted by Gasteiger charge is -2.02. The second kappa shape index (κ2) is 4.66. The summed E-state index contributed by atoms with van der Waals surface area (Å²) in [5.41, 5.74) is 2.97. The molecule has 0 unspecified atom stereocenters. The molecule has 0 saturated carbocycles. The van der Waals surface area contributed by atoms with Crippen molar-refractivity contribution in [3.63, 3.8) is 0 Å². The van der Waals surface area contributed by atoms with Crippen molar-refractivity contribution < 1.29 is 0 Å². The molecule has 5 heteroatoms. The minimum absolute atomic E-state index is 0.848. The van der Waals surface area contributed by atoms with Gasteiger partial charge in [0.1, 0.15) is 12.1 Å². The van der Waals surface area contributed by atoms with Crippen LogP contribution in [0.1, 0.15) is 5.69 Å². The zero-order chi connectivity index (χ0) is 9.64. The van der Waals surface area contributed by atoms with Crippen LogP contribution in [0.2, 0.25) is 0 Å². The maximum atomic E-state index is 4.19. The first-order valence-electron chi connectivity index (χ1n) is 4.32. The number of nitrogens with zero attached hydrogens (tertiary/aromatic N) is 3. The maximum absolute atomic E-state index is 4.19. The van der Waals surface area contributed by atoms with E-state index in [2.05, 4.69) is 25.6 Å². The molecule has 0 aliphatic heterocycles. The van der Waals surface area contributed by atoms with E-state index >= 15 is 0 Å². The first-order valence-corrected chi connectivity index (χ1v) is 5.26. The Morgan fingerprint density at radius 2 is 2.36 bits per heavy atom. The molecule has 1 N–H and O–H groups in total. The van der Waals surface area contributed by atoms with E-state index in [0.717, 1.165) is 24.5 Å². The van der Waals surface area contributed by atoms with Gasteiger partial charge in [0.15, 0.2) is 0 Å². The molecule has 0 saturated heterocycles. The summed E-state index contributed by atoms with van der Waals surface area (Å²) in [5.74, 6) is 0.857. The third-order valence-corrected chi connectivity index (χ3v) is 2.39. The van der Waals surface area contributed by atoms with Crippen LogP contribution in [0.5, 0.6) is 0 Å². The fourth-order valence-corrected chi connectivity index (χ4v) is 1.67. The molecule has 72 valence electrons. The second-order valence-electron chi connectivity index (χ2n) is 2.75. The van der Waals surface area contributed by atoms with Gasteiger partial charge in [-0.1, -0.05) is 0 Å². The highest BCUT2D eigenvalue weighted by atomic mass is 32.1. The van der Waals surface area contributed by atoms with Gasteiger partial charge >= 0.3 is 0 Å². The molecule has 2 aromatic heterocycles. The lowest BCUT2D eigenvalue weighted by molar-refractivity contribution is 0.964. The van der Waals surface area contributed by atoms with E-state index < -0.39 is 0 Å². The van der Waals surface area contributed by atoms with E-state index in [1.165, 1.54) is 6.33 Å². The Kier molecular flexibility index (Phi) is 3.03. The zero-order valence-electron chi connectivity index (χ0n) is 7.55. The Balaban J connectivity index is 1.79. The van der Waals surface area contributed by atoms with Crippen molar-refractivity contribution in [2.45, 2.75) is 6.42 Å². The summed E-state index contributed by atoms with van der Waals surface area (Å²) >= 11 is 1.62. The summed E-state index contributed by atoms with van der Waals surface area (Å²) in [7, 11) is 0. The summed E-state index contributed by atoms with van der Waals surface area (Å²) in [5, 5.41) is 5.25. The van der Waals surface area contributed by atoms with Gasteiger partial charge < -0.3 is 5.32 Å². The standard InChI is InChI=1S/C9H10N4S/c1(8-5-14-7-13-8)4-11-9-2-3-10-6-12-9/h2-3,5-7H,1,4H2,(H,10,11,12). The largest absolute Gasteiger partial charge is 0.370 e. The van der Waals surface area contributed by atoms with Gasteiger partial charge in [0.05, 0.1) is 11.2 Å². The molecular weight excluding hydrogens is 196 g/mol. The Morgan fingerprint density at radius 1 is 1.36 bits per heavy atom. The molecule has 0 aliphatic carbocycles. The summed E-state index contributed by atoms with van der Waals surface area (Å²) < 4.78 is 0. The highest BCUT2D eigenvalue weighted by Gasteiger charge is 1.95. The predicted octanol–water partition coefficient (Wildman–Crippen LogP) is 1.59. The molecule has 4 nitrogen and oxygen atoms in total. The van der Waals surface area contributed by atoms with Crippen molar-refractivity contribution in [2.75, 3.05) is 11.9 Å². The molecule has 0 amide bonds. The zero-order valence-corrected chi connectivity index (χ0v) is 8.37. The highest BCUT2D eigenvalue weighted by Crippen LogP contribution is 2.03. The number of hydrogen-bond acceptors (Lipinski definition) is 5. The van der Waals surface area contributed by atoms with Crippen molar-refractivity contribution >= 4 is 17.2 Å². The molecule has 0 spiro atoms. The highest BCUT2D eigenvalue weighted by molar-refractivity contribution is 7.07. The van der Waals surface area contributed by atoms with E-state index in [1.807, 2.05) is 11.6 Å². The molecule has 0 bridgehead atoms. The van der Waals surface area contributed by atoms with Crippen molar-refractivity contribution in [1.29, 1.82) is 0 Å². The topological polar surface area (TPSA) is 50.7 Å². The Bertz CT molecular complexity index is 360. The van der Waals surface area contributed by atoms with Crippen LogP contribution in [0.4, 0.5) is 5.82 Å². The third-order valence-electron chi connectivity index (χ3n) is 1.75. The summed E-state index contributed by atoms with van der Waals surface area (Å²) in [6.45, 7) is 0.848. The van der Waals surface area contributed by atoms with Crippen LogP contribution >= 0.6 is 11.3 Å². The third kappa shape index (κ3) is 2.50. The number of thiazole rings is 1. The van der Waals surface area contributed by atoms with E-state index in [-0.39, 0.29) is 0 Å². The molecule has 2 heterocycles. The van der Waals surface area contributed by atoms with E-state index in [1.54, 1.807) is 17.5 Å². The number of rotatable bonds is 4. The normalized spacial score (nSPS) is 10.0. The van der Waals surface area contributed by atoms with Crippen LogP contribution in [-0.4, -0.2) is 21.5 Å². The quantitative estimate of drug-likeness (QED) is 0.825. The summed E-state index contributed by atoms with van der Waals surface area (Å²) in [6.07, 6.45) is 4.18. The average Bonchev–Trinajstić information content (AvgIpc) is 2.72. The lowest BCUT2D eigenvalue weighted by Crippen LogP contribution is -2.06. The van der Waals surface area contributed by atoms with E-state index in [9.17, 15) is 0 Å². The molecule has 0 aliphatic rings. The lowest BCUT2D eigenvalue weighted by atomic mass is 10.3. The molecule has 14 heavy (non-hydrogen) atoms. The van der Waals surface area contributed by atoms with Crippen LogP contribution in [0.3, 0.4) is 0 Å². The number of aromatic nitrogens is 3. The number of hydrogen-bond donors (Lipinski definition) is 1. The van der Waals surface area contributed by atoms with Crippen LogP contribution in [0.25, 0.3) is 0 Å². The van der Waals surface area contributed by atoms with Crippen molar-refractivity contribution in [1.82, 2.24) is 15.0 Å². The Morgan fingerprint density at radius 3 is 3.07 bits per heavy atom. The van der Waals surface area contributed by atoms with Crippen molar-refractivity contribution in [3.05, 3.63) is 35.2 Å².